The van der Waals surface area contributed by atoms with Crippen molar-refractivity contribution in [3.63, 3.8) is 0 Å². The van der Waals surface area contributed by atoms with E-state index in [4.69, 9.17) is 4.42 Å². The van der Waals surface area contributed by atoms with Crippen LogP contribution in [0.4, 0.5) is 18.9 Å². The van der Waals surface area contributed by atoms with E-state index in [1.807, 2.05) is 0 Å². The van der Waals surface area contributed by atoms with Crippen LogP contribution in [0.15, 0.2) is 77.5 Å². The van der Waals surface area contributed by atoms with E-state index in [-0.39, 0.29) is 69.9 Å². The van der Waals surface area contributed by atoms with Crippen molar-refractivity contribution in [1.29, 1.82) is 0 Å². The van der Waals surface area contributed by atoms with Gasteiger partial charge >= 0.3 is 0 Å². The molecule has 9 nitrogen and oxygen atoms in total. The molecule has 1 aliphatic carbocycles. The number of hydrogen-bond acceptors (Lipinski definition) is 7. The molecule has 236 valence electrons. The lowest BCUT2D eigenvalue weighted by molar-refractivity contribution is 0.0481. The molecule has 1 N–H and O–H groups in total. The van der Waals surface area contributed by atoms with Gasteiger partial charge in [-0.05, 0) is 55.0 Å². The highest BCUT2D eigenvalue weighted by Gasteiger charge is 2.49. The molecule has 3 aromatic carbocycles. The summed E-state index contributed by atoms with van der Waals surface area (Å²) in [5, 5.41) is 2.63. The molecule has 2 heterocycles. The van der Waals surface area contributed by atoms with Crippen molar-refractivity contribution in [3.05, 3.63) is 102 Å². The maximum Gasteiger partial charge on any atom is 0.252 e. The third kappa shape index (κ3) is 5.40. The molecule has 1 saturated carbocycles. The number of rotatable bonds is 9. The monoisotopic (exact) mass is 648 g/mol. The molecule has 0 spiro atoms. The van der Waals surface area contributed by atoms with Gasteiger partial charge in [0.05, 0.1) is 22.9 Å². The molecule has 1 amide bonds. The van der Waals surface area contributed by atoms with Gasteiger partial charge in [0.2, 0.25) is 10.0 Å². The molecule has 0 unspecified atom stereocenters. The lowest BCUT2D eigenvalue weighted by Gasteiger charge is -2.43. The van der Waals surface area contributed by atoms with E-state index in [1.54, 1.807) is 13.0 Å². The predicted molar refractivity (Wildman–Crippen MR) is 166 cm³/mol. The van der Waals surface area contributed by atoms with Crippen LogP contribution in [-0.2, 0) is 15.6 Å². The van der Waals surface area contributed by atoms with Gasteiger partial charge in [-0.1, -0.05) is 12.1 Å². The lowest BCUT2D eigenvalue weighted by atomic mass is 9.74. The van der Waals surface area contributed by atoms with Crippen LogP contribution >= 0.6 is 0 Å². The third-order valence-corrected chi connectivity index (χ3v) is 9.27. The highest BCUT2D eigenvalue weighted by atomic mass is 32.2. The Morgan fingerprint density at radius 1 is 1.07 bits per heavy atom. The minimum absolute atomic E-state index is 0.0247. The van der Waals surface area contributed by atoms with Gasteiger partial charge in [0, 0.05) is 54.5 Å². The number of carbonyl (C=O) groups excluding carboxylic acids is 2. The van der Waals surface area contributed by atoms with Crippen LogP contribution < -0.4 is 9.62 Å². The largest absolute Gasteiger partial charge is 0.455 e. The number of aldehydes is 1. The van der Waals surface area contributed by atoms with Crippen molar-refractivity contribution in [1.82, 2.24) is 15.3 Å². The van der Waals surface area contributed by atoms with Crippen molar-refractivity contribution in [2.75, 3.05) is 17.1 Å². The number of halogens is 3. The summed E-state index contributed by atoms with van der Waals surface area (Å²) >= 11 is 0. The number of amides is 1. The van der Waals surface area contributed by atoms with Gasteiger partial charge in [-0.2, -0.15) is 0 Å². The summed E-state index contributed by atoms with van der Waals surface area (Å²) in [6.07, 6.45) is 3.17. The van der Waals surface area contributed by atoms with Crippen molar-refractivity contribution in [3.8, 4) is 22.5 Å². The Kier molecular flexibility index (Phi) is 7.88. The van der Waals surface area contributed by atoms with Crippen LogP contribution in [0, 0.1) is 11.6 Å². The van der Waals surface area contributed by atoms with Gasteiger partial charge < -0.3 is 9.73 Å². The van der Waals surface area contributed by atoms with Gasteiger partial charge in [0.1, 0.15) is 34.7 Å². The van der Waals surface area contributed by atoms with E-state index in [0.29, 0.717) is 11.8 Å². The SMILES string of the molecule is CCN(c1cc2oc(-c3ccc(F)cc3)c(C=O)c2c(F)c1-c1cccc(C(=O)NC2(c3ncccn3)CC(F)C2)c1)S(C)(=O)=O. The van der Waals surface area contributed by atoms with Crippen LogP contribution in [-0.4, -0.2) is 49.6 Å². The van der Waals surface area contributed by atoms with E-state index in [9.17, 15) is 26.8 Å². The Bertz CT molecular complexity index is 2080. The molecule has 0 saturated heterocycles. The van der Waals surface area contributed by atoms with Crippen LogP contribution in [0.2, 0.25) is 0 Å². The molecule has 13 heteroatoms. The van der Waals surface area contributed by atoms with Crippen LogP contribution in [0.3, 0.4) is 0 Å². The quantitative estimate of drug-likeness (QED) is 0.189. The van der Waals surface area contributed by atoms with E-state index in [1.165, 1.54) is 54.9 Å². The number of hydrogen-bond donors (Lipinski definition) is 1. The first-order valence-electron chi connectivity index (χ1n) is 14.3. The maximum absolute atomic E-state index is 16.8. The zero-order chi connectivity index (χ0) is 32.8. The van der Waals surface area contributed by atoms with Crippen molar-refractivity contribution < 1.29 is 35.6 Å². The Labute approximate surface area is 262 Å². The Morgan fingerprint density at radius 3 is 2.37 bits per heavy atom. The van der Waals surface area contributed by atoms with Crippen LogP contribution in [0.1, 0.15) is 46.3 Å². The number of carbonyl (C=O) groups is 2. The standard InChI is InChI=1S/C33H27F3N4O5S/c1-3-40(46(2,43)44)25-15-26-28(24(18-41)30(45-26)19-8-10-22(34)11-9-19)29(36)27(25)20-6-4-7-21(14-20)31(42)39-33(16-23(35)17-33)32-37-12-5-13-38-32/h4-15,18,23H,3,16-17H2,1-2H3,(H,39,42). The van der Waals surface area contributed by atoms with Crippen LogP contribution in [0.5, 0.6) is 0 Å². The number of nitrogens with one attached hydrogen (secondary N) is 1. The first kappa shape index (κ1) is 31.0. The van der Waals surface area contributed by atoms with Crippen molar-refractivity contribution >= 4 is 38.9 Å². The average Bonchev–Trinajstić information content (AvgIpc) is 3.39. The zero-order valence-electron chi connectivity index (χ0n) is 24.6. The summed E-state index contributed by atoms with van der Waals surface area (Å²) in [5.41, 5.74) is -1.16. The van der Waals surface area contributed by atoms with E-state index >= 15 is 4.39 Å². The lowest BCUT2D eigenvalue weighted by Crippen LogP contribution is -2.56. The molecule has 0 aliphatic heterocycles. The molecule has 5 aromatic rings. The van der Waals surface area contributed by atoms with Crippen LogP contribution in [0.25, 0.3) is 33.4 Å². The van der Waals surface area contributed by atoms with Gasteiger partial charge in [0.25, 0.3) is 5.91 Å². The molecule has 46 heavy (non-hydrogen) atoms. The molecular weight excluding hydrogens is 621 g/mol. The molecule has 0 bridgehead atoms. The second-order valence-electron chi connectivity index (χ2n) is 11.1. The molecule has 6 rings (SSSR count). The molecule has 2 aromatic heterocycles. The van der Waals surface area contributed by atoms with Gasteiger partial charge in [0.15, 0.2) is 12.1 Å². The highest BCUT2D eigenvalue weighted by Crippen LogP contribution is 2.44. The Hall–Kier alpha value is -5.04. The molecule has 1 aliphatic rings. The van der Waals surface area contributed by atoms with E-state index in [0.717, 1.165) is 22.7 Å². The predicted octanol–water partition coefficient (Wildman–Crippen LogP) is 6.19. The van der Waals surface area contributed by atoms with Gasteiger partial charge in [-0.15, -0.1) is 0 Å². The number of alkyl halides is 1. The Balaban J connectivity index is 1.51. The number of benzene rings is 3. The number of nitrogens with zero attached hydrogens (tertiary/aromatic N) is 3. The second kappa shape index (κ2) is 11.7. The van der Waals surface area contributed by atoms with Crippen molar-refractivity contribution in [2.24, 2.45) is 0 Å². The van der Waals surface area contributed by atoms with E-state index < -0.39 is 39.3 Å². The fraction of sp³-hybridized carbons (Fsp3) is 0.212. The minimum Gasteiger partial charge on any atom is -0.455 e. The summed E-state index contributed by atoms with van der Waals surface area (Å²) in [6, 6.07) is 13.9. The highest BCUT2D eigenvalue weighted by molar-refractivity contribution is 7.92. The summed E-state index contributed by atoms with van der Waals surface area (Å²) in [6.45, 7) is 1.49. The minimum atomic E-state index is -3.95. The summed E-state index contributed by atoms with van der Waals surface area (Å²) in [5.74, 6) is -1.85. The molecular formula is C33H27F3N4O5S. The van der Waals surface area contributed by atoms with E-state index in [2.05, 4.69) is 15.3 Å². The first-order chi connectivity index (χ1) is 22.0. The summed E-state index contributed by atoms with van der Waals surface area (Å²) in [4.78, 5) is 34.3. The molecule has 0 atom stereocenters. The topological polar surface area (TPSA) is 122 Å². The Morgan fingerprint density at radius 2 is 1.76 bits per heavy atom. The zero-order valence-corrected chi connectivity index (χ0v) is 25.4. The first-order valence-corrected chi connectivity index (χ1v) is 16.1. The second-order valence-corrected chi connectivity index (χ2v) is 13.0. The number of anilines is 1. The van der Waals surface area contributed by atoms with Crippen molar-refractivity contribution in [2.45, 2.75) is 31.5 Å². The average molecular weight is 649 g/mol. The smallest absolute Gasteiger partial charge is 0.252 e. The number of furan rings is 1. The van der Waals surface area contributed by atoms with Gasteiger partial charge in [-0.25, -0.2) is 31.6 Å². The molecule has 1 fully saturated rings. The summed E-state index contributed by atoms with van der Waals surface area (Å²) < 4.78 is 77.2. The molecule has 0 radical (unpaired) electrons. The summed E-state index contributed by atoms with van der Waals surface area (Å²) in [7, 11) is -3.95. The number of sulfonamides is 1. The fourth-order valence-electron chi connectivity index (χ4n) is 5.90. The fourth-order valence-corrected chi connectivity index (χ4v) is 6.87. The normalized spacial score (nSPS) is 17.8. The third-order valence-electron chi connectivity index (χ3n) is 8.02. The maximum atomic E-state index is 16.8. The van der Waals surface area contributed by atoms with Gasteiger partial charge in [-0.3, -0.25) is 13.9 Å². The number of aromatic nitrogens is 2. The number of fused-ring (bicyclic) bond motifs is 1.